The number of aromatic nitrogens is 1. The molecule has 1 aliphatic rings. The number of hydrogen-bond donors (Lipinski definition) is 0. The molecule has 0 saturated heterocycles. The van der Waals surface area contributed by atoms with Crippen molar-refractivity contribution in [2.75, 3.05) is 27.4 Å². The van der Waals surface area contributed by atoms with Crippen molar-refractivity contribution in [2.24, 2.45) is 4.99 Å². The molecule has 4 rings (SSSR count). The quantitative estimate of drug-likeness (QED) is 0.254. The highest BCUT2D eigenvalue weighted by Crippen LogP contribution is 2.40. The lowest BCUT2D eigenvalue weighted by molar-refractivity contribution is -0.139. The molecule has 1 aromatic heterocycles. The van der Waals surface area contributed by atoms with E-state index in [1.54, 1.807) is 50.3 Å². The number of fused-ring (bicyclic) bond motifs is 1. The van der Waals surface area contributed by atoms with Crippen LogP contribution in [0.5, 0.6) is 23.0 Å². The number of esters is 2. The molecule has 216 valence electrons. The summed E-state index contributed by atoms with van der Waals surface area (Å²) in [5.41, 5.74) is 1.57. The van der Waals surface area contributed by atoms with E-state index >= 15 is 0 Å². The van der Waals surface area contributed by atoms with Gasteiger partial charge in [0, 0.05) is 11.4 Å². The van der Waals surface area contributed by atoms with Crippen LogP contribution >= 0.6 is 27.3 Å². The molecule has 41 heavy (non-hydrogen) atoms. The zero-order chi connectivity index (χ0) is 29.8. The number of nitrogens with zero attached hydrogens (tertiary/aromatic N) is 2. The Morgan fingerprint density at radius 3 is 2.39 bits per heavy atom. The fraction of sp³-hybridized carbons (Fsp3) is 0.310. The van der Waals surface area contributed by atoms with E-state index in [1.165, 1.54) is 37.0 Å². The summed E-state index contributed by atoms with van der Waals surface area (Å²) in [5, 5.41) is 0. The fourth-order valence-electron chi connectivity index (χ4n) is 4.44. The molecule has 0 N–H and O–H groups in total. The fourth-order valence-corrected chi connectivity index (χ4v) is 6.02. The summed E-state index contributed by atoms with van der Waals surface area (Å²) in [4.78, 5) is 43.7. The van der Waals surface area contributed by atoms with Gasteiger partial charge in [0.05, 0.1) is 49.3 Å². The molecule has 10 nitrogen and oxygen atoms in total. The number of carbonyl (C=O) groups excluding carboxylic acids is 2. The maximum absolute atomic E-state index is 14.0. The average molecular weight is 646 g/mol. The highest BCUT2D eigenvalue weighted by atomic mass is 79.9. The summed E-state index contributed by atoms with van der Waals surface area (Å²) >= 11 is 4.78. The van der Waals surface area contributed by atoms with Crippen molar-refractivity contribution in [1.29, 1.82) is 0 Å². The van der Waals surface area contributed by atoms with Crippen LogP contribution in [0.25, 0.3) is 6.08 Å². The van der Waals surface area contributed by atoms with E-state index < -0.39 is 18.0 Å². The van der Waals surface area contributed by atoms with E-state index in [0.717, 1.165) is 0 Å². The first-order valence-corrected chi connectivity index (χ1v) is 14.3. The predicted molar refractivity (Wildman–Crippen MR) is 157 cm³/mol. The second-order valence-electron chi connectivity index (χ2n) is 8.76. The Hall–Kier alpha value is -3.90. The molecule has 0 unspecified atom stereocenters. The van der Waals surface area contributed by atoms with Gasteiger partial charge in [0.1, 0.15) is 0 Å². The Labute approximate surface area is 248 Å². The SMILES string of the molecule is CCOC(=O)C1=C(C)N=c2s/c(=C\c3ccc(OC(C)=O)c(OCC)c3)c(=O)n2[C@H]1c1cc(OC)c(OC)cc1Br. The molecule has 0 amide bonds. The lowest BCUT2D eigenvalue weighted by Gasteiger charge is -2.26. The van der Waals surface area contributed by atoms with Crippen molar-refractivity contribution < 1.29 is 33.3 Å². The molecule has 0 fully saturated rings. The third-order valence-electron chi connectivity index (χ3n) is 6.13. The van der Waals surface area contributed by atoms with Crippen molar-refractivity contribution in [3.05, 3.63) is 76.9 Å². The second-order valence-corrected chi connectivity index (χ2v) is 10.6. The van der Waals surface area contributed by atoms with E-state index in [0.29, 0.717) is 54.5 Å². The Morgan fingerprint density at radius 1 is 1.05 bits per heavy atom. The zero-order valence-electron chi connectivity index (χ0n) is 23.4. The summed E-state index contributed by atoms with van der Waals surface area (Å²) in [6, 6.07) is 7.62. The number of methoxy groups -OCH3 is 2. The van der Waals surface area contributed by atoms with E-state index in [2.05, 4.69) is 20.9 Å². The van der Waals surface area contributed by atoms with Gasteiger partial charge in [0.15, 0.2) is 27.8 Å². The number of thiazole rings is 1. The first kappa shape index (κ1) is 30.1. The molecule has 0 radical (unpaired) electrons. The first-order valence-electron chi connectivity index (χ1n) is 12.7. The van der Waals surface area contributed by atoms with Crippen molar-refractivity contribution in [3.8, 4) is 23.0 Å². The maximum atomic E-state index is 14.0. The van der Waals surface area contributed by atoms with Gasteiger partial charge < -0.3 is 23.7 Å². The number of hydrogen-bond acceptors (Lipinski definition) is 10. The Kier molecular flexibility index (Phi) is 9.34. The monoisotopic (exact) mass is 644 g/mol. The third-order valence-corrected chi connectivity index (χ3v) is 7.80. The van der Waals surface area contributed by atoms with Gasteiger partial charge in [-0.2, -0.15) is 0 Å². The van der Waals surface area contributed by atoms with E-state index in [-0.39, 0.29) is 23.5 Å². The minimum atomic E-state index is -0.855. The molecule has 2 heterocycles. The van der Waals surface area contributed by atoms with Gasteiger partial charge in [-0.15, -0.1) is 0 Å². The smallest absolute Gasteiger partial charge is 0.338 e. The predicted octanol–water partition coefficient (Wildman–Crippen LogP) is 3.90. The molecule has 0 saturated carbocycles. The van der Waals surface area contributed by atoms with Gasteiger partial charge in [0.25, 0.3) is 5.56 Å². The molecule has 0 spiro atoms. The van der Waals surface area contributed by atoms with Crippen molar-refractivity contribution >= 4 is 45.3 Å². The Balaban J connectivity index is 1.95. The minimum Gasteiger partial charge on any atom is -0.493 e. The zero-order valence-corrected chi connectivity index (χ0v) is 25.8. The summed E-state index contributed by atoms with van der Waals surface area (Å²) in [6.07, 6.45) is 1.70. The van der Waals surface area contributed by atoms with Crippen LogP contribution in [0.3, 0.4) is 0 Å². The van der Waals surface area contributed by atoms with Crippen LogP contribution in [0.15, 0.2) is 55.9 Å². The average Bonchev–Trinajstić information content (AvgIpc) is 3.23. The summed E-state index contributed by atoms with van der Waals surface area (Å²) < 4.78 is 29.7. The molecule has 0 bridgehead atoms. The van der Waals surface area contributed by atoms with Crippen LogP contribution in [0.4, 0.5) is 0 Å². The normalized spacial score (nSPS) is 14.7. The second kappa shape index (κ2) is 12.7. The van der Waals surface area contributed by atoms with Crippen molar-refractivity contribution in [2.45, 2.75) is 33.7 Å². The van der Waals surface area contributed by atoms with Crippen molar-refractivity contribution in [1.82, 2.24) is 4.57 Å². The van der Waals surface area contributed by atoms with Crippen LogP contribution in [0.2, 0.25) is 0 Å². The van der Waals surface area contributed by atoms with Crippen molar-refractivity contribution in [3.63, 3.8) is 0 Å². The van der Waals surface area contributed by atoms with E-state index in [4.69, 9.17) is 23.7 Å². The topological polar surface area (TPSA) is 115 Å². The molecule has 12 heteroatoms. The molecule has 0 aliphatic carbocycles. The summed E-state index contributed by atoms with van der Waals surface area (Å²) in [7, 11) is 3.04. The molecule has 1 aliphatic heterocycles. The maximum Gasteiger partial charge on any atom is 0.338 e. The summed E-state index contributed by atoms with van der Waals surface area (Å²) in [6.45, 7) is 7.07. The van der Waals surface area contributed by atoms with Gasteiger partial charge in [-0.25, -0.2) is 9.79 Å². The van der Waals surface area contributed by atoms with Gasteiger partial charge in [-0.05, 0) is 62.2 Å². The standard InChI is InChI=1S/C29H29BrN2O8S/c1-7-38-23-11-17(9-10-20(23)40-16(4)33)12-24-27(34)32-26(18-13-21(36-5)22(37-6)14-19(18)30)25(28(35)39-8-2)15(3)31-29(32)41-24/h9-14,26H,7-8H2,1-6H3/b24-12-/t26-/m0/s1. The molecular formula is C29H29BrN2O8S. The molecular weight excluding hydrogens is 616 g/mol. The molecule has 2 aromatic carbocycles. The molecule has 3 aromatic rings. The summed E-state index contributed by atoms with van der Waals surface area (Å²) in [5.74, 6) is 0.527. The van der Waals surface area contributed by atoms with Gasteiger partial charge in [-0.1, -0.05) is 33.3 Å². The van der Waals surface area contributed by atoms with Gasteiger partial charge >= 0.3 is 11.9 Å². The lowest BCUT2D eigenvalue weighted by atomic mass is 9.95. The number of halogens is 1. The lowest BCUT2D eigenvalue weighted by Crippen LogP contribution is -2.40. The van der Waals surface area contributed by atoms with Crippen LogP contribution in [0, 0.1) is 0 Å². The van der Waals surface area contributed by atoms with Gasteiger partial charge in [0.2, 0.25) is 0 Å². The molecule has 1 atom stereocenters. The largest absolute Gasteiger partial charge is 0.493 e. The van der Waals surface area contributed by atoms with Crippen LogP contribution in [-0.4, -0.2) is 43.9 Å². The van der Waals surface area contributed by atoms with E-state index in [1.807, 2.05) is 6.92 Å². The Morgan fingerprint density at radius 2 is 1.76 bits per heavy atom. The number of ether oxygens (including phenoxy) is 5. The van der Waals surface area contributed by atoms with E-state index in [9.17, 15) is 14.4 Å². The minimum absolute atomic E-state index is 0.158. The van der Waals surface area contributed by atoms with Crippen LogP contribution < -0.4 is 33.8 Å². The van der Waals surface area contributed by atoms with Gasteiger partial charge in [-0.3, -0.25) is 14.2 Å². The highest BCUT2D eigenvalue weighted by molar-refractivity contribution is 9.10. The Bertz CT molecular complexity index is 1720. The first-order chi connectivity index (χ1) is 19.6. The highest BCUT2D eigenvalue weighted by Gasteiger charge is 2.35. The van der Waals surface area contributed by atoms with Crippen LogP contribution in [-0.2, 0) is 14.3 Å². The number of carbonyl (C=O) groups is 2. The number of rotatable bonds is 9. The third kappa shape index (κ3) is 6.08. The van der Waals surface area contributed by atoms with Crippen LogP contribution in [0.1, 0.15) is 44.9 Å². The number of allylic oxidation sites excluding steroid dienone is 1. The number of benzene rings is 2.